The van der Waals surface area contributed by atoms with Gasteiger partial charge in [-0.3, -0.25) is 9.59 Å². The van der Waals surface area contributed by atoms with Crippen LogP contribution in [0, 0.1) is 56.7 Å². The summed E-state index contributed by atoms with van der Waals surface area (Å²) < 4.78 is 5.26. The van der Waals surface area contributed by atoms with Gasteiger partial charge in [-0.05, 0) is 129 Å². The largest absolute Gasteiger partial charge is 0.393 e. The first kappa shape index (κ1) is 25.5. The van der Waals surface area contributed by atoms with E-state index in [0.717, 1.165) is 31.1 Å². The van der Waals surface area contributed by atoms with E-state index in [2.05, 4.69) is 48.1 Å². The maximum absolute atomic E-state index is 13.3. The maximum Gasteiger partial charge on any atom is 0.319 e. The standard InChI is InChI=1S/C32H50O3/c1-20(2)22-12-16-28(4)18-19-31(7)23(26(22)28)10-11-25-29(5)14-9-15-30(6,27(34)35-21(3)33)24(29)13-17-32(25,31)8/h22-26H,1,9-19H2,2-8H3/t22-,23+,24+,25?,26+,28+,29-,30?,31+,32+/m0/s1. The molecule has 0 N–H and O–H groups in total. The topological polar surface area (TPSA) is 43.4 Å². The third-order valence-corrected chi connectivity index (χ3v) is 13.6. The van der Waals surface area contributed by atoms with Gasteiger partial charge in [0.25, 0.3) is 0 Å². The van der Waals surface area contributed by atoms with Crippen molar-refractivity contribution in [2.45, 2.75) is 119 Å². The number of rotatable bonds is 2. The van der Waals surface area contributed by atoms with Crippen LogP contribution in [0.4, 0.5) is 0 Å². The second-order valence-corrected chi connectivity index (χ2v) is 15.0. The second-order valence-electron chi connectivity index (χ2n) is 15.0. The van der Waals surface area contributed by atoms with Gasteiger partial charge in [-0.1, -0.05) is 46.3 Å². The first-order valence-corrected chi connectivity index (χ1v) is 14.6. The van der Waals surface area contributed by atoms with E-state index in [4.69, 9.17) is 4.74 Å². The van der Waals surface area contributed by atoms with Crippen LogP contribution in [0.25, 0.3) is 0 Å². The molecular weight excluding hydrogens is 432 g/mol. The number of fused-ring (bicyclic) bond motifs is 7. The maximum atomic E-state index is 13.3. The van der Waals surface area contributed by atoms with Gasteiger partial charge in [-0.15, -0.1) is 0 Å². The number of hydrogen-bond donors (Lipinski definition) is 0. The molecule has 5 rings (SSSR count). The van der Waals surface area contributed by atoms with Gasteiger partial charge >= 0.3 is 11.9 Å². The highest BCUT2D eigenvalue weighted by Crippen LogP contribution is 2.77. The summed E-state index contributed by atoms with van der Waals surface area (Å²) in [6.45, 7) is 20.7. The van der Waals surface area contributed by atoms with E-state index in [0.29, 0.717) is 34.0 Å². The van der Waals surface area contributed by atoms with Crippen molar-refractivity contribution in [1.29, 1.82) is 0 Å². The van der Waals surface area contributed by atoms with Gasteiger partial charge in [0.1, 0.15) is 0 Å². The zero-order valence-corrected chi connectivity index (χ0v) is 23.6. The highest BCUT2D eigenvalue weighted by atomic mass is 16.6. The quantitative estimate of drug-likeness (QED) is 0.227. The minimum absolute atomic E-state index is 0.133. The predicted molar refractivity (Wildman–Crippen MR) is 140 cm³/mol. The average Bonchev–Trinajstić information content (AvgIpc) is 3.11. The summed E-state index contributed by atoms with van der Waals surface area (Å²) >= 11 is 0. The van der Waals surface area contributed by atoms with E-state index in [-0.39, 0.29) is 11.4 Å². The molecule has 3 nitrogen and oxygen atoms in total. The minimum Gasteiger partial charge on any atom is -0.393 e. The SMILES string of the molecule is C=C(C)[C@@H]1CC[C@]2(C)CC[C@]3(C)[C@H](CCC4[C@@]5(C)CCCC(C)(C(=O)OC(C)=O)[C@@H]5CC[C@]43C)[C@@H]12. The summed E-state index contributed by atoms with van der Waals surface area (Å²) in [7, 11) is 0. The van der Waals surface area contributed by atoms with Crippen LogP contribution >= 0.6 is 0 Å². The highest BCUT2D eigenvalue weighted by Gasteiger charge is 2.70. The lowest BCUT2D eigenvalue weighted by Gasteiger charge is -2.72. The van der Waals surface area contributed by atoms with Crippen molar-refractivity contribution >= 4 is 11.9 Å². The molecule has 0 aromatic heterocycles. The molecule has 3 heteroatoms. The van der Waals surface area contributed by atoms with Gasteiger partial charge in [0.15, 0.2) is 0 Å². The fraction of sp³-hybridized carbons (Fsp3) is 0.875. The van der Waals surface area contributed by atoms with Gasteiger partial charge in [-0.2, -0.15) is 0 Å². The number of carbonyl (C=O) groups is 2. The molecule has 5 saturated carbocycles. The van der Waals surface area contributed by atoms with E-state index in [1.165, 1.54) is 63.9 Å². The first-order valence-electron chi connectivity index (χ1n) is 14.6. The van der Waals surface area contributed by atoms with Crippen molar-refractivity contribution < 1.29 is 14.3 Å². The normalized spacial score (nSPS) is 52.9. The van der Waals surface area contributed by atoms with E-state index in [1.54, 1.807) is 0 Å². The number of carbonyl (C=O) groups excluding carboxylic acids is 2. The summed E-state index contributed by atoms with van der Waals surface area (Å²) in [6.07, 6.45) is 13.4. The molecule has 0 radical (unpaired) electrons. The van der Waals surface area contributed by atoms with Crippen molar-refractivity contribution in [3.05, 3.63) is 12.2 Å². The lowest BCUT2D eigenvalue weighted by atomic mass is 9.32. The van der Waals surface area contributed by atoms with Crippen LogP contribution < -0.4 is 0 Å². The van der Waals surface area contributed by atoms with E-state index in [9.17, 15) is 9.59 Å². The van der Waals surface area contributed by atoms with Gasteiger partial charge in [-0.25, -0.2) is 0 Å². The molecule has 0 aliphatic heterocycles. The number of esters is 2. The average molecular weight is 483 g/mol. The van der Waals surface area contributed by atoms with Crippen LogP contribution in [-0.4, -0.2) is 11.9 Å². The van der Waals surface area contributed by atoms with Crippen molar-refractivity contribution in [2.24, 2.45) is 56.7 Å². The Bertz CT molecular complexity index is 937. The molecule has 0 amide bonds. The molecule has 0 saturated heterocycles. The molecule has 5 aliphatic rings. The molecular formula is C32H50O3. The fourth-order valence-corrected chi connectivity index (χ4v) is 11.8. The number of hydrogen-bond acceptors (Lipinski definition) is 3. The molecule has 2 unspecified atom stereocenters. The second kappa shape index (κ2) is 7.94. The zero-order chi connectivity index (χ0) is 25.6. The molecule has 0 spiro atoms. The molecule has 196 valence electrons. The van der Waals surface area contributed by atoms with E-state index >= 15 is 0 Å². The van der Waals surface area contributed by atoms with Gasteiger partial charge in [0.05, 0.1) is 5.41 Å². The summed E-state index contributed by atoms with van der Waals surface area (Å²) in [5, 5.41) is 0. The fourth-order valence-electron chi connectivity index (χ4n) is 11.8. The third kappa shape index (κ3) is 3.27. The van der Waals surface area contributed by atoms with Gasteiger partial charge < -0.3 is 4.74 Å². The minimum atomic E-state index is -0.542. The highest BCUT2D eigenvalue weighted by molar-refractivity contribution is 5.88. The Hall–Kier alpha value is -1.12. The summed E-state index contributed by atoms with van der Waals surface area (Å²) in [5.74, 6) is 2.45. The molecule has 5 aliphatic carbocycles. The first-order chi connectivity index (χ1) is 16.2. The molecule has 0 aromatic rings. The van der Waals surface area contributed by atoms with Crippen LogP contribution in [0.2, 0.25) is 0 Å². The van der Waals surface area contributed by atoms with Crippen molar-refractivity contribution in [1.82, 2.24) is 0 Å². The summed E-state index contributed by atoms with van der Waals surface area (Å²) in [6, 6.07) is 0. The Morgan fingerprint density at radius 1 is 0.771 bits per heavy atom. The summed E-state index contributed by atoms with van der Waals surface area (Å²) in [5.41, 5.74) is 2.14. The Morgan fingerprint density at radius 3 is 2.14 bits per heavy atom. The van der Waals surface area contributed by atoms with E-state index < -0.39 is 11.4 Å². The van der Waals surface area contributed by atoms with Crippen LogP contribution in [0.15, 0.2) is 12.2 Å². The van der Waals surface area contributed by atoms with Crippen LogP contribution in [0.1, 0.15) is 119 Å². The van der Waals surface area contributed by atoms with Crippen LogP contribution in [-0.2, 0) is 14.3 Å². The van der Waals surface area contributed by atoms with Gasteiger partial charge in [0, 0.05) is 6.92 Å². The van der Waals surface area contributed by atoms with Crippen molar-refractivity contribution in [3.8, 4) is 0 Å². The smallest absolute Gasteiger partial charge is 0.319 e. The van der Waals surface area contributed by atoms with Crippen molar-refractivity contribution in [3.63, 3.8) is 0 Å². The predicted octanol–water partition coefficient (Wildman–Crippen LogP) is 8.12. The zero-order valence-electron chi connectivity index (χ0n) is 23.6. The lowest BCUT2D eigenvalue weighted by Crippen LogP contribution is -2.66. The Balaban J connectivity index is 1.51. The number of ether oxygens (including phenoxy) is 1. The molecule has 0 heterocycles. The molecule has 0 bridgehead atoms. The third-order valence-electron chi connectivity index (χ3n) is 13.6. The molecule has 35 heavy (non-hydrogen) atoms. The van der Waals surface area contributed by atoms with Crippen LogP contribution in [0.5, 0.6) is 0 Å². The molecule has 10 atom stereocenters. The Kier molecular flexibility index (Phi) is 5.79. The van der Waals surface area contributed by atoms with E-state index in [1.807, 2.05) is 0 Å². The Morgan fingerprint density at radius 2 is 1.49 bits per heavy atom. The van der Waals surface area contributed by atoms with Crippen molar-refractivity contribution in [2.75, 3.05) is 0 Å². The Labute approximate surface area is 214 Å². The van der Waals surface area contributed by atoms with Crippen LogP contribution in [0.3, 0.4) is 0 Å². The van der Waals surface area contributed by atoms with Gasteiger partial charge in [0.2, 0.25) is 0 Å². The summed E-state index contributed by atoms with van der Waals surface area (Å²) in [4.78, 5) is 25.0. The molecule has 0 aromatic carbocycles. The number of allylic oxidation sites excluding steroid dienone is 1. The lowest BCUT2D eigenvalue weighted by molar-refractivity contribution is -0.238. The molecule has 5 fully saturated rings. The monoisotopic (exact) mass is 482 g/mol.